The fourth-order valence-electron chi connectivity index (χ4n) is 2.48. The van der Waals surface area contributed by atoms with Gasteiger partial charge >= 0.3 is 0 Å². The lowest BCUT2D eigenvalue weighted by Gasteiger charge is -2.33. The fraction of sp³-hybridized carbons (Fsp3) is 0.467. The largest absolute Gasteiger partial charge is 0.335 e. The van der Waals surface area contributed by atoms with Crippen LogP contribution in [0.2, 0.25) is 0 Å². The third-order valence-electron chi connectivity index (χ3n) is 3.85. The molecule has 1 heterocycles. The van der Waals surface area contributed by atoms with E-state index in [1.54, 1.807) is 0 Å². The maximum Gasteiger partial charge on any atom is 0.105 e. The van der Waals surface area contributed by atoms with E-state index < -0.39 is 0 Å². The van der Waals surface area contributed by atoms with Crippen LogP contribution < -0.4 is 0 Å². The van der Waals surface area contributed by atoms with E-state index in [0.717, 1.165) is 5.82 Å². The van der Waals surface area contributed by atoms with Gasteiger partial charge in [-0.15, -0.1) is 0 Å². The third kappa shape index (κ3) is 1.99. The van der Waals surface area contributed by atoms with Gasteiger partial charge < -0.3 is 4.57 Å². The Kier molecular flexibility index (Phi) is 3.13. The number of hydrogen-bond acceptors (Lipinski definition) is 2. The second-order valence-corrected chi connectivity index (χ2v) is 5.44. The second kappa shape index (κ2) is 4.45. The normalized spacial score (nSPS) is 23.1. The van der Waals surface area contributed by atoms with E-state index in [-0.39, 0.29) is 17.3 Å². The summed E-state index contributed by atoms with van der Waals surface area (Å²) >= 11 is 0. The van der Waals surface area contributed by atoms with Crippen molar-refractivity contribution in [2.75, 3.05) is 0 Å². The average molecular weight is 241 g/mol. The van der Waals surface area contributed by atoms with Crippen LogP contribution >= 0.6 is 0 Å². The number of nitrogens with zero attached hydrogens (tertiary/aromatic N) is 3. The maximum atomic E-state index is 9.36. The maximum absolute atomic E-state index is 9.36. The Hall–Kier alpha value is -1.82. The van der Waals surface area contributed by atoms with E-state index in [0.29, 0.717) is 0 Å². The molecule has 1 aromatic rings. The third-order valence-corrected chi connectivity index (χ3v) is 3.85. The highest BCUT2D eigenvalue weighted by Crippen LogP contribution is 2.41. The van der Waals surface area contributed by atoms with Crippen molar-refractivity contribution in [1.29, 1.82) is 5.26 Å². The van der Waals surface area contributed by atoms with E-state index >= 15 is 0 Å². The van der Waals surface area contributed by atoms with Crippen LogP contribution in [-0.2, 0) is 7.05 Å². The molecule has 0 fully saturated rings. The molecule has 0 radical (unpaired) electrons. The average Bonchev–Trinajstić information content (AvgIpc) is 2.70. The van der Waals surface area contributed by atoms with Crippen LogP contribution in [0, 0.1) is 29.6 Å². The molecule has 2 unspecified atom stereocenters. The molecule has 0 spiro atoms. The van der Waals surface area contributed by atoms with Gasteiger partial charge in [0.1, 0.15) is 5.82 Å². The fourth-order valence-corrected chi connectivity index (χ4v) is 2.48. The summed E-state index contributed by atoms with van der Waals surface area (Å²) in [5.74, 6) is 1.40. The monoisotopic (exact) mass is 241 g/mol. The van der Waals surface area contributed by atoms with Crippen molar-refractivity contribution in [3.05, 3.63) is 42.0 Å². The summed E-state index contributed by atoms with van der Waals surface area (Å²) in [5.41, 5.74) is 0.783. The van der Waals surface area contributed by atoms with Crippen molar-refractivity contribution in [3.63, 3.8) is 0 Å². The van der Waals surface area contributed by atoms with Crippen LogP contribution in [0.5, 0.6) is 0 Å². The molecule has 0 bridgehead atoms. The smallest absolute Gasteiger partial charge is 0.105 e. The van der Waals surface area contributed by atoms with E-state index in [2.05, 4.69) is 33.8 Å². The Labute approximate surface area is 108 Å². The SMILES string of the molecule is Cc1ncc(C2C=CC=CC2C(C)(C)C#N)n1C. The van der Waals surface area contributed by atoms with Crippen LogP contribution in [-0.4, -0.2) is 9.55 Å². The standard InChI is InChI=1S/C15H19N3/c1-11-17-9-14(18(11)4)12-7-5-6-8-13(12)15(2,3)10-16/h5-9,12-13H,1-4H3. The molecule has 3 nitrogen and oxygen atoms in total. The molecule has 0 aromatic carbocycles. The van der Waals surface area contributed by atoms with Gasteiger partial charge in [-0.2, -0.15) is 5.26 Å². The van der Waals surface area contributed by atoms with Crippen molar-refractivity contribution in [2.45, 2.75) is 26.7 Å². The highest BCUT2D eigenvalue weighted by molar-refractivity contribution is 5.29. The summed E-state index contributed by atoms with van der Waals surface area (Å²) in [5, 5.41) is 9.36. The van der Waals surface area contributed by atoms with E-state index in [1.165, 1.54) is 5.69 Å². The number of aryl methyl sites for hydroxylation is 1. The highest BCUT2D eigenvalue weighted by atomic mass is 15.1. The van der Waals surface area contributed by atoms with E-state index in [1.807, 2.05) is 40.1 Å². The predicted octanol–water partition coefficient (Wildman–Crippen LogP) is 3.10. The van der Waals surface area contributed by atoms with Crippen molar-refractivity contribution in [2.24, 2.45) is 18.4 Å². The molecule has 1 aliphatic rings. The first-order valence-corrected chi connectivity index (χ1v) is 6.22. The van der Waals surface area contributed by atoms with Crippen LogP contribution in [0.4, 0.5) is 0 Å². The summed E-state index contributed by atoms with van der Waals surface area (Å²) in [4.78, 5) is 4.36. The Balaban J connectivity index is 2.43. The molecule has 2 rings (SSSR count). The minimum Gasteiger partial charge on any atom is -0.335 e. The quantitative estimate of drug-likeness (QED) is 0.798. The summed E-state index contributed by atoms with van der Waals surface area (Å²) in [6.45, 7) is 5.99. The number of rotatable bonds is 2. The number of nitriles is 1. The minimum atomic E-state index is -0.385. The molecule has 1 aromatic heterocycles. The topological polar surface area (TPSA) is 41.6 Å². The lowest BCUT2D eigenvalue weighted by atomic mass is 9.70. The molecule has 1 aliphatic carbocycles. The van der Waals surface area contributed by atoms with Crippen molar-refractivity contribution < 1.29 is 0 Å². The zero-order valence-corrected chi connectivity index (χ0v) is 11.4. The lowest BCUT2D eigenvalue weighted by molar-refractivity contribution is 0.321. The minimum absolute atomic E-state index is 0.183. The summed E-state index contributed by atoms with van der Waals surface area (Å²) in [6.07, 6.45) is 10.3. The van der Waals surface area contributed by atoms with Gasteiger partial charge in [0.15, 0.2) is 0 Å². The van der Waals surface area contributed by atoms with Crippen molar-refractivity contribution in [3.8, 4) is 6.07 Å². The zero-order chi connectivity index (χ0) is 13.3. The Morgan fingerprint density at radius 2 is 2.00 bits per heavy atom. The van der Waals surface area contributed by atoms with Gasteiger partial charge in [0.2, 0.25) is 0 Å². The van der Waals surface area contributed by atoms with Crippen LogP contribution in [0.3, 0.4) is 0 Å². The van der Waals surface area contributed by atoms with Crippen LogP contribution in [0.1, 0.15) is 31.3 Å². The Bertz CT molecular complexity index is 541. The van der Waals surface area contributed by atoms with Gasteiger partial charge in [-0.1, -0.05) is 24.3 Å². The lowest BCUT2D eigenvalue weighted by Crippen LogP contribution is -2.28. The van der Waals surface area contributed by atoms with Gasteiger partial charge in [0, 0.05) is 30.8 Å². The predicted molar refractivity (Wildman–Crippen MR) is 71.9 cm³/mol. The second-order valence-electron chi connectivity index (χ2n) is 5.44. The highest BCUT2D eigenvalue weighted by Gasteiger charge is 2.35. The van der Waals surface area contributed by atoms with Crippen LogP contribution in [0.15, 0.2) is 30.5 Å². The van der Waals surface area contributed by atoms with Gasteiger partial charge in [-0.25, -0.2) is 4.98 Å². The summed E-state index contributed by atoms with van der Waals surface area (Å²) < 4.78 is 2.11. The molecule has 0 aliphatic heterocycles. The molecule has 0 amide bonds. The van der Waals surface area contributed by atoms with Gasteiger partial charge in [-0.3, -0.25) is 0 Å². The van der Waals surface area contributed by atoms with Gasteiger partial charge in [0.25, 0.3) is 0 Å². The van der Waals surface area contributed by atoms with Crippen molar-refractivity contribution in [1.82, 2.24) is 9.55 Å². The number of imidazole rings is 1. The Morgan fingerprint density at radius 1 is 1.33 bits per heavy atom. The van der Waals surface area contributed by atoms with Gasteiger partial charge in [0.05, 0.1) is 11.5 Å². The molecule has 94 valence electrons. The molecular formula is C15H19N3. The summed E-state index contributed by atoms with van der Waals surface area (Å²) in [6, 6.07) is 2.42. The number of aromatic nitrogens is 2. The first-order chi connectivity index (χ1) is 8.47. The first kappa shape index (κ1) is 12.6. The van der Waals surface area contributed by atoms with E-state index in [4.69, 9.17) is 0 Å². The molecule has 3 heteroatoms. The first-order valence-electron chi connectivity index (χ1n) is 6.22. The van der Waals surface area contributed by atoms with Crippen LogP contribution in [0.25, 0.3) is 0 Å². The molecule has 0 N–H and O–H groups in total. The molecule has 0 saturated carbocycles. The molecule has 18 heavy (non-hydrogen) atoms. The Morgan fingerprint density at radius 3 is 2.56 bits per heavy atom. The van der Waals surface area contributed by atoms with Gasteiger partial charge in [-0.05, 0) is 20.8 Å². The molecule has 2 atom stereocenters. The van der Waals surface area contributed by atoms with E-state index in [9.17, 15) is 5.26 Å². The summed E-state index contributed by atoms with van der Waals surface area (Å²) in [7, 11) is 2.03. The molecular weight excluding hydrogens is 222 g/mol. The van der Waals surface area contributed by atoms with Crippen molar-refractivity contribution >= 4 is 0 Å². The molecule has 0 saturated heterocycles. The zero-order valence-electron chi connectivity index (χ0n) is 11.4. The number of allylic oxidation sites excluding steroid dienone is 4. The number of hydrogen-bond donors (Lipinski definition) is 0.